The topological polar surface area (TPSA) is 81.2 Å². The van der Waals surface area contributed by atoms with Crippen molar-refractivity contribution in [2.75, 3.05) is 0 Å². The smallest absolute Gasteiger partial charge is 0.238 e. The number of rotatable bonds is 7. The average molecular weight is 351 g/mol. The fraction of sp³-hybridized carbons (Fsp3) is 0.350. The van der Waals surface area contributed by atoms with Gasteiger partial charge in [0.05, 0.1) is 12.3 Å². The van der Waals surface area contributed by atoms with E-state index >= 15 is 0 Å². The lowest BCUT2D eigenvalue weighted by molar-refractivity contribution is -0.122. The normalized spacial score (nSPS) is 15.0. The van der Waals surface area contributed by atoms with Gasteiger partial charge in [0.2, 0.25) is 17.6 Å². The average Bonchev–Trinajstić information content (AvgIpc) is 3.14. The van der Waals surface area contributed by atoms with Crippen LogP contribution in [0.4, 0.5) is 0 Å². The fourth-order valence-corrected chi connectivity index (χ4v) is 3.01. The van der Waals surface area contributed by atoms with E-state index in [9.17, 15) is 4.79 Å². The second kappa shape index (κ2) is 7.15. The van der Waals surface area contributed by atoms with Crippen molar-refractivity contribution in [1.82, 2.24) is 15.5 Å². The summed E-state index contributed by atoms with van der Waals surface area (Å²) in [5.41, 5.74) is 2.39. The number of carbonyl (C=O) groups is 1. The molecule has 0 aliphatic heterocycles. The first kappa shape index (κ1) is 16.6. The Balaban J connectivity index is 1.35. The molecular weight excluding hydrogens is 330 g/mol. The van der Waals surface area contributed by atoms with E-state index in [1.807, 2.05) is 0 Å². The van der Waals surface area contributed by atoms with Crippen LogP contribution in [-0.2, 0) is 11.2 Å². The van der Waals surface area contributed by atoms with Crippen LogP contribution in [0.2, 0.25) is 0 Å². The van der Waals surface area contributed by atoms with Crippen molar-refractivity contribution < 1.29 is 13.7 Å². The van der Waals surface area contributed by atoms with Crippen LogP contribution in [0.25, 0.3) is 11.6 Å². The third-order valence-electron chi connectivity index (χ3n) is 4.62. The Bertz CT molecular complexity index is 864. The number of nitrogens with zero attached hydrogens (tertiary/aromatic N) is 2. The maximum absolute atomic E-state index is 12.4. The Morgan fingerprint density at radius 2 is 2.08 bits per heavy atom. The number of carbonyl (C=O) groups excluding carboxylic acids is 1. The van der Waals surface area contributed by atoms with Gasteiger partial charge in [-0.05, 0) is 43.4 Å². The van der Waals surface area contributed by atoms with Gasteiger partial charge in [-0.15, -0.1) is 0 Å². The molecule has 0 saturated heterocycles. The van der Waals surface area contributed by atoms with Crippen LogP contribution in [0.1, 0.15) is 42.3 Å². The number of aryl methyl sites for hydroxylation is 2. The molecule has 1 unspecified atom stereocenters. The van der Waals surface area contributed by atoms with Crippen molar-refractivity contribution in [2.45, 2.75) is 38.6 Å². The van der Waals surface area contributed by atoms with Crippen LogP contribution in [0.15, 0.2) is 51.6 Å². The zero-order chi connectivity index (χ0) is 17.9. The van der Waals surface area contributed by atoms with E-state index in [0.717, 1.165) is 12.8 Å². The predicted octanol–water partition coefficient (Wildman–Crippen LogP) is 3.84. The zero-order valence-corrected chi connectivity index (χ0v) is 14.6. The second-order valence-corrected chi connectivity index (χ2v) is 6.78. The molecule has 1 N–H and O–H groups in total. The van der Waals surface area contributed by atoms with Crippen molar-refractivity contribution in [3.8, 4) is 11.6 Å². The molecule has 1 saturated carbocycles. The molecule has 1 aromatic carbocycles. The van der Waals surface area contributed by atoms with Gasteiger partial charge in [0.15, 0.2) is 5.76 Å². The third-order valence-corrected chi connectivity index (χ3v) is 4.62. The maximum atomic E-state index is 12.4. The number of hydrogen-bond acceptors (Lipinski definition) is 5. The van der Waals surface area contributed by atoms with Crippen molar-refractivity contribution in [3.05, 3.63) is 59.7 Å². The number of hydrogen-bond donors (Lipinski definition) is 1. The van der Waals surface area contributed by atoms with Gasteiger partial charge in [-0.25, -0.2) is 0 Å². The number of amides is 1. The van der Waals surface area contributed by atoms with Crippen molar-refractivity contribution in [3.63, 3.8) is 0 Å². The number of furan rings is 1. The van der Waals surface area contributed by atoms with E-state index in [1.54, 1.807) is 18.4 Å². The summed E-state index contributed by atoms with van der Waals surface area (Å²) in [5.74, 6) is 1.93. The first-order valence-electron chi connectivity index (χ1n) is 8.91. The molecular formula is C20H21N3O3. The van der Waals surface area contributed by atoms with E-state index in [0.29, 0.717) is 36.2 Å². The highest BCUT2D eigenvalue weighted by molar-refractivity contribution is 5.76. The van der Waals surface area contributed by atoms with Crippen molar-refractivity contribution in [1.29, 1.82) is 0 Å². The van der Waals surface area contributed by atoms with Gasteiger partial charge in [0, 0.05) is 12.8 Å². The fourth-order valence-electron chi connectivity index (χ4n) is 3.01. The van der Waals surface area contributed by atoms with Crippen LogP contribution in [0.3, 0.4) is 0 Å². The molecule has 6 nitrogen and oxygen atoms in total. The van der Waals surface area contributed by atoms with Crippen LogP contribution < -0.4 is 5.32 Å². The molecule has 2 aromatic heterocycles. The van der Waals surface area contributed by atoms with Crippen LogP contribution >= 0.6 is 0 Å². The lowest BCUT2D eigenvalue weighted by Crippen LogP contribution is -2.30. The summed E-state index contributed by atoms with van der Waals surface area (Å²) in [5, 5.41) is 7.05. The molecule has 1 fully saturated rings. The molecule has 0 radical (unpaired) electrons. The molecule has 4 rings (SSSR count). The summed E-state index contributed by atoms with van der Waals surface area (Å²) in [7, 11) is 0. The second-order valence-electron chi connectivity index (χ2n) is 6.78. The minimum atomic E-state index is 0.000207. The van der Waals surface area contributed by atoms with Gasteiger partial charge in [-0.2, -0.15) is 4.98 Å². The van der Waals surface area contributed by atoms with Crippen LogP contribution in [0, 0.1) is 12.8 Å². The minimum Gasteiger partial charge on any atom is -0.461 e. The Kier molecular flexibility index (Phi) is 4.56. The SMILES string of the molecule is Cc1ccc(C(NC(=O)CCc2nc(-c3ccco3)no2)C2CC2)cc1. The standard InChI is InChI=1S/C20H21N3O3/c1-13-4-6-14(7-5-13)19(15-8-9-15)21-17(24)10-11-18-22-20(23-26-18)16-3-2-12-25-16/h2-7,12,15,19H,8-11H2,1H3,(H,21,24). The maximum Gasteiger partial charge on any atom is 0.238 e. The summed E-state index contributed by atoms with van der Waals surface area (Å²) in [6.07, 6.45) is 4.60. The zero-order valence-electron chi connectivity index (χ0n) is 14.6. The molecule has 3 aromatic rings. The lowest BCUT2D eigenvalue weighted by Gasteiger charge is -2.19. The highest BCUT2D eigenvalue weighted by Gasteiger charge is 2.33. The minimum absolute atomic E-state index is 0.000207. The number of aromatic nitrogens is 2. The van der Waals surface area contributed by atoms with Gasteiger partial charge in [0.25, 0.3) is 0 Å². The largest absolute Gasteiger partial charge is 0.461 e. The summed E-state index contributed by atoms with van der Waals surface area (Å²) in [6.45, 7) is 2.07. The molecule has 0 bridgehead atoms. The van der Waals surface area contributed by atoms with E-state index in [2.05, 4.69) is 46.6 Å². The highest BCUT2D eigenvalue weighted by atomic mass is 16.5. The Morgan fingerprint density at radius 3 is 2.77 bits per heavy atom. The summed E-state index contributed by atoms with van der Waals surface area (Å²) >= 11 is 0. The van der Waals surface area contributed by atoms with Crippen molar-refractivity contribution >= 4 is 5.91 Å². The Hall–Kier alpha value is -2.89. The molecule has 2 heterocycles. The molecule has 1 aliphatic rings. The van der Waals surface area contributed by atoms with E-state index in [4.69, 9.17) is 8.94 Å². The van der Waals surface area contributed by atoms with E-state index in [-0.39, 0.29) is 11.9 Å². The summed E-state index contributed by atoms with van der Waals surface area (Å²) < 4.78 is 10.4. The first-order chi connectivity index (χ1) is 12.7. The molecule has 1 amide bonds. The van der Waals surface area contributed by atoms with Gasteiger partial charge < -0.3 is 14.3 Å². The lowest BCUT2D eigenvalue weighted by atomic mass is 10.0. The Labute approximate surface area is 151 Å². The monoisotopic (exact) mass is 351 g/mol. The third kappa shape index (κ3) is 3.85. The Morgan fingerprint density at radius 1 is 1.27 bits per heavy atom. The summed E-state index contributed by atoms with van der Waals surface area (Å²) in [4.78, 5) is 16.7. The van der Waals surface area contributed by atoms with Crippen LogP contribution in [-0.4, -0.2) is 16.0 Å². The van der Waals surface area contributed by atoms with Crippen molar-refractivity contribution in [2.24, 2.45) is 5.92 Å². The number of nitrogens with one attached hydrogen (secondary N) is 1. The van der Waals surface area contributed by atoms with Crippen LogP contribution in [0.5, 0.6) is 0 Å². The van der Waals surface area contributed by atoms with Gasteiger partial charge in [-0.3, -0.25) is 4.79 Å². The molecule has 1 aliphatic carbocycles. The molecule has 1 atom stereocenters. The predicted molar refractivity (Wildman–Crippen MR) is 95.1 cm³/mol. The first-order valence-corrected chi connectivity index (χ1v) is 8.91. The molecule has 134 valence electrons. The molecule has 26 heavy (non-hydrogen) atoms. The van der Waals surface area contributed by atoms with Gasteiger partial charge in [-0.1, -0.05) is 35.0 Å². The quantitative estimate of drug-likeness (QED) is 0.699. The van der Waals surface area contributed by atoms with Gasteiger partial charge in [0.1, 0.15) is 0 Å². The van der Waals surface area contributed by atoms with E-state index < -0.39 is 0 Å². The molecule has 0 spiro atoms. The highest BCUT2D eigenvalue weighted by Crippen LogP contribution is 2.41. The van der Waals surface area contributed by atoms with E-state index in [1.165, 1.54) is 11.1 Å². The molecule has 6 heteroatoms. The summed E-state index contributed by atoms with van der Waals surface area (Å²) in [6, 6.07) is 12.0. The van der Waals surface area contributed by atoms with Gasteiger partial charge >= 0.3 is 0 Å². The number of benzene rings is 1.